The summed E-state index contributed by atoms with van der Waals surface area (Å²) in [4.78, 5) is 10.5. The van der Waals surface area contributed by atoms with E-state index in [2.05, 4.69) is 15.0 Å². The maximum Gasteiger partial charge on any atom is 0.226 e. The van der Waals surface area contributed by atoms with Gasteiger partial charge in [0.1, 0.15) is 12.1 Å². The molecule has 0 aliphatic carbocycles. The molecule has 0 aromatic carbocycles. The molecule has 0 spiro atoms. The minimum Gasteiger partial charge on any atom is -0.383 e. The number of rotatable bonds is 1. The zero-order valence-corrected chi connectivity index (χ0v) is 5.95. The van der Waals surface area contributed by atoms with E-state index in [1.54, 1.807) is 0 Å². The van der Waals surface area contributed by atoms with Crippen LogP contribution < -0.4 is 5.73 Å². The van der Waals surface area contributed by atoms with Gasteiger partial charge in [-0.3, -0.25) is 4.99 Å². The summed E-state index contributed by atoms with van der Waals surface area (Å²) in [7, 11) is 1.52. The summed E-state index contributed by atoms with van der Waals surface area (Å²) in [6, 6.07) is 0. The summed E-state index contributed by atoms with van der Waals surface area (Å²) in [5.41, 5.74) is 5.46. The second-order valence-electron chi connectivity index (χ2n) is 1.85. The minimum absolute atomic E-state index is 0.100. The molecule has 1 aromatic rings. The van der Waals surface area contributed by atoms with Crippen molar-refractivity contribution in [3.63, 3.8) is 0 Å². The average Bonchev–Trinajstić information content (AvgIpc) is 1.97. The lowest BCUT2D eigenvalue weighted by molar-refractivity contribution is 0.578. The third-order valence-corrected chi connectivity index (χ3v) is 1.12. The standard InChI is InChI=1S/C6H7FN4/c1-9-2-4-5(7)10-3-11-6(4)8/h2-3H,1H3,(H2,8,10,11). The summed E-state index contributed by atoms with van der Waals surface area (Å²) in [5.74, 6) is -0.550. The fourth-order valence-corrected chi connectivity index (χ4v) is 0.635. The van der Waals surface area contributed by atoms with Crippen LogP contribution in [-0.4, -0.2) is 23.2 Å². The first kappa shape index (κ1) is 7.59. The number of anilines is 1. The third-order valence-electron chi connectivity index (χ3n) is 1.12. The van der Waals surface area contributed by atoms with Crippen molar-refractivity contribution in [2.75, 3.05) is 12.8 Å². The Hall–Kier alpha value is -1.52. The maximum absolute atomic E-state index is 12.7. The maximum atomic E-state index is 12.7. The molecule has 58 valence electrons. The normalized spacial score (nSPS) is 10.7. The smallest absolute Gasteiger partial charge is 0.226 e. The zero-order valence-electron chi connectivity index (χ0n) is 5.95. The molecule has 0 saturated carbocycles. The van der Waals surface area contributed by atoms with E-state index in [-0.39, 0.29) is 11.4 Å². The fraction of sp³-hybridized carbons (Fsp3) is 0.167. The van der Waals surface area contributed by atoms with Gasteiger partial charge in [-0.05, 0) is 0 Å². The number of hydrogen-bond acceptors (Lipinski definition) is 4. The summed E-state index contributed by atoms with van der Waals surface area (Å²) in [5, 5.41) is 0. The Balaban J connectivity index is 3.20. The monoisotopic (exact) mass is 154 g/mol. The number of nitrogens with zero attached hydrogens (tertiary/aromatic N) is 3. The van der Waals surface area contributed by atoms with E-state index in [1.165, 1.54) is 13.3 Å². The number of hydrogen-bond donors (Lipinski definition) is 1. The molecule has 11 heavy (non-hydrogen) atoms. The molecule has 5 heteroatoms. The van der Waals surface area contributed by atoms with Crippen molar-refractivity contribution < 1.29 is 4.39 Å². The highest BCUT2D eigenvalue weighted by Gasteiger charge is 2.04. The van der Waals surface area contributed by atoms with Crippen LogP contribution in [0.5, 0.6) is 0 Å². The minimum atomic E-state index is -0.650. The molecule has 0 aliphatic rings. The van der Waals surface area contributed by atoms with E-state index in [0.717, 1.165) is 6.33 Å². The Morgan fingerprint density at radius 3 is 2.91 bits per heavy atom. The molecule has 1 heterocycles. The van der Waals surface area contributed by atoms with Crippen molar-refractivity contribution in [3.8, 4) is 0 Å². The number of nitrogen functional groups attached to an aromatic ring is 1. The van der Waals surface area contributed by atoms with Gasteiger partial charge >= 0.3 is 0 Å². The Morgan fingerprint density at radius 1 is 1.64 bits per heavy atom. The van der Waals surface area contributed by atoms with E-state index < -0.39 is 5.95 Å². The van der Waals surface area contributed by atoms with E-state index in [0.29, 0.717) is 0 Å². The van der Waals surface area contributed by atoms with E-state index in [1.807, 2.05) is 0 Å². The first-order chi connectivity index (χ1) is 5.25. The predicted molar refractivity (Wildman–Crippen MR) is 39.9 cm³/mol. The van der Waals surface area contributed by atoms with Crippen LogP contribution in [0.3, 0.4) is 0 Å². The van der Waals surface area contributed by atoms with Gasteiger partial charge in [-0.25, -0.2) is 9.97 Å². The first-order valence-corrected chi connectivity index (χ1v) is 2.94. The topological polar surface area (TPSA) is 64.2 Å². The molecular weight excluding hydrogens is 147 g/mol. The SMILES string of the molecule is CN=Cc1c(N)ncnc1F. The van der Waals surface area contributed by atoms with Crippen LogP contribution in [0, 0.1) is 5.95 Å². The number of nitrogens with two attached hydrogens (primary N) is 1. The van der Waals surface area contributed by atoms with Crippen molar-refractivity contribution in [1.82, 2.24) is 9.97 Å². The molecule has 2 N–H and O–H groups in total. The van der Waals surface area contributed by atoms with Crippen molar-refractivity contribution >= 4 is 12.0 Å². The first-order valence-electron chi connectivity index (χ1n) is 2.94. The zero-order chi connectivity index (χ0) is 8.27. The van der Waals surface area contributed by atoms with Gasteiger partial charge in [-0.1, -0.05) is 0 Å². The molecule has 0 amide bonds. The lowest BCUT2D eigenvalue weighted by Crippen LogP contribution is -2.02. The van der Waals surface area contributed by atoms with Gasteiger partial charge in [0.05, 0.1) is 5.56 Å². The van der Waals surface area contributed by atoms with Gasteiger partial charge in [0.2, 0.25) is 5.95 Å². The molecule has 0 aliphatic heterocycles. The quantitative estimate of drug-likeness (QED) is 0.465. The molecule has 1 aromatic heterocycles. The van der Waals surface area contributed by atoms with E-state index >= 15 is 0 Å². The van der Waals surface area contributed by atoms with Crippen molar-refractivity contribution in [2.24, 2.45) is 4.99 Å². The Kier molecular flexibility index (Phi) is 2.10. The predicted octanol–water partition coefficient (Wildman–Crippen LogP) is 0.247. The molecule has 0 unspecified atom stereocenters. The second kappa shape index (κ2) is 3.05. The summed E-state index contributed by atoms with van der Waals surface area (Å²) < 4.78 is 12.7. The highest BCUT2D eigenvalue weighted by atomic mass is 19.1. The van der Waals surface area contributed by atoms with Gasteiger partial charge in [0.15, 0.2) is 0 Å². The number of aliphatic imine (C=N–C) groups is 1. The number of aromatic nitrogens is 2. The highest BCUT2D eigenvalue weighted by molar-refractivity contribution is 5.85. The van der Waals surface area contributed by atoms with Crippen molar-refractivity contribution in [1.29, 1.82) is 0 Å². The summed E-state index contributed by atoms with van der Waals surface area (Å²) in [6.07, 6.45) is 2.35. The second-order valence-corrected chi connectivity index (χ2v) is 1.85. The molecule has 0 radical (unpaired) electrons. The van der Waals surface area contributed by atoms with Gasteiger partial charge < -0.3 is 5.73 Å². The van der Waals surface area contributed by atoms with Gasteiger partial charge in [-0.15, -0.1) is 0 Å². The average molecular weight is 154 g/mol. The van der Waals surface area contributed by atoms with Crippen molar-refractivity contribution in [3.05, 3.63) is 17.8 Å². The van der Waals surface area contributed by atoms with Gasteiger partial charge in [-0.2, -0.15) is 4.39 Å². The van der Waals surface area contributed by atoms with Crippen molar-refractivity contribution in [2.45, 2.75) is 0 Å². The molecule has 0 atom stereocenters. The highest BCUT2D eigenvalue weighted by Crippen LogP contribution is 2.06. The Labute approximate surface area is 63.0 Å². The summed E-state index contributed by atoms with van der Waals surface area (Å²) >= 11 is 0. The van der Waals surface area contributed by atoms with Gasteiger partial charge in [0.25, 0.3) is 0 Å². The van der Waals surface area contributed by atoms with Crippen LogP contribution in [0.2, 0.25) is 0 Å². The lowest BCUT2D eigenvalue weighted by Gasteiger charge is -1.96. The van der Waals surface area contributed by atoms with Crippen LogP contribution in [0.1, 0.15) is 5.56 Å². The van der Waals surface area contributed by atoms with Crippen LogP contribution in [-0.2, 0) is 0 Å². The van der Waals surface area contributed by atoms with Gasteiger partial charge in [0, 0.05) is 13.3 Å². The molecule has 4 nitrogen and oxygen atoms in total. The van der Waals surface area contributed by atoms with Crippen LogP contribution >= 0.6 is 0 Å². The molecule has 0 bridgehead atoms. The Bertz CT molecular complexity index is 264. The lowest BCUT2D eigenvalue weighted by atomic mass is 10.3. The van der Waals surface area contributed by atoms with Crippen LogP contribution in [0.15, 0.2) is 11.3 Å². The largest absolute Gasteiger partial charge is 0.383 e. The van der Waals surface area contributed by atoms with E-state index in [4.69, 9.17) is 5.73 Å². The molecular formula is C6H7FN4. The number of halogens is 1. The van der Waals surface area contributed by atoms with Crippen LogP contribution in [0.4, 0.5) is 10.2 Å². The van der Waals surface area contributed by atoms with Crippen LogP contribution in [0.25, 0.3) is 0 Å². The fourth-order valence-electron chi connectivity index (χ4n) is 0.635. The third kappa shape index (κ3) is 1.49. The molecule has 0 saturated heterocycles. The molecule has 0 fully saturated rings. The Morgan fingerprint density at radius 2 is 2.36 bits per heavy atom. The van der Waals surface area contributed by atoms with E-state index in [9.17, 15) is 4.39 Å². The summed E-state index contributed by atoms with van der Waals surface area (Å²) in [6.45, 7) is 0. The molecule has 1 rings (SSSR count).